The number of amides is 1. The Balaban J connectivity index is 1.72. The fourth-order valence-corrected chi connectivity index (χ4v) is 5.16. The molecule has 166 valence electrons. The highest BCUT2D eigenvalue weighted by Crippen LogP contribution is 2.22. The van der Waals surface area contributed by atoms with Gasteiger partial charge < -0.3 is 14.5 Å². The average Bonchev–Trinajstić information content (AvgIpc) is 3.10. The molecule has 1 aliphatic rings. The van der Waals surface area contributed by atoms with Crippen LogP contribution in [0.5, 0.6) is 5.75 Å². The molecule has 0 bridgehead atoms. The van der Waals surface area contributed by atoms with E-state index in [2.05, 4.69) is 0 Å². The van der Waals surface area contributed by atoms with Crippen LogP contribution in [0.2, 0.25) is 0 Å². The number of anilines is 1. The van der Waals surface area contributed by atoms with Gasteiger partial charge in [0.2, 0.25) is 0 Å². The number of non-ortho nitro benzene ring substituents is 1. The maximum Gasteiger partial charge on any atom is 0.269 e. The van der Waals surface area contributed by atoms with E-state index < -0.39 is 20.8 Å². The molecule has 0 N–H and O–H groups in total. The van der Waals surface area contributed by atoms with Crippen molar-refractivity contribution in [3.63, 3.8) is 0 Å². The van der Waals surface area contributed by atoms with Crippen molar-refractivity contribution in [2.24, 2.45) is 0 Å². The zero-order valence-electron chi connectivity index (χ0n) is 17.4. The predicted molar refractivity (Wildman–Crippen MR) is 117 cm³/mol. The van der Waals surface area contributed by atoms with Gasteiger partial charge in [-0.05, 0) is 36.2 Å². The lowest BCUT2D eigenvalue weighted by atomic mass is 10.1. The number of nitro groups is 1. The number of sulfone groups is 1. The molecule has 1 amide bonds. The van der Waals surface area contributed by atoms with Crippen LogP contribution in [-0.4, -0.2) is 62.4 Å². The third-order valence-electron chi connectivity index (χ3n) is 5.19. The minimum absolute atomic E-state index is 0.0597. The first kappa shape index (κ1) is 22.5. The maximum absolute atomic E-state index is 13.0. The Morgan fingerprint density at radius 2 is 1.77 bits per heavy atom. The quantitative estimate of drug-likeness (QED) is 0.451. The fourth-order valence-electron chi connectivity index (χ4n) is 3.43. The molecule has 1 heterocycles. The average molecular weight is 448 g/mol. The Kier molecular flexibility index (Phi) is 6.79. The SMILES string of the molecule is CN(C)c1ccc(CN(C(=O)COc2ccc([N+](=O)[O-])cc2)[C@H]2CCS(=O)(=O)C2)cc1. The van der Waals surface area contributed by atoms with Crippen LogP contribution in [0.4, 0.5) is 11.4 Å². The molecule has 0 saturated carbocycles. The first-order chi connectivity index (χ1) is 14.6. The number of nitro benzene ring substituents is 1. The summed E-state index contributed by atoms with van der Waals surface area (Å²) in [6.45, 7) is -0.0134. The highest BCUT2D eigenvalue weighted by Gasteiger charge is 2.34. The highest BCUT2D eigenvalue weighted by atomic mass is 32.2. The summed E-state index contributed by atoms with van der Waals surface area (Å²) in [6.07, 6.45) is 0.390. The van der Waals surface area contributed by atoms with E-state index in [1.165, 1.54) is 24.3 Å². The fraction of sp³-hybridized carbons (Fsp3) is 0.381. The molecule has 2 aromatic rings. The number of nitrogens with zero attached hydrogens (tertiary/aromatic N) is 3. The van der Waals surface area contributed by atoms with Crippen LogP contribution in [0.25, 0.3) is 0 Å². The standard InChI is InChI=1S/C21H25N3O6S/c1-22(2)17-5-3-16(4-6-17)13-23(19-11-12-31(28,29)15-19)21(25)14-30-20-9-7-18(8-10-20)24(26)27/h3-10,19H,11-15H2,1-2H3/t19-/m0/s1. The summed E-state index contributed by atoms with van der Waals surface area (Å²) in [5.41, 5.74) is 1.84. The van der Waals surface area contributed by atoms with Crippen molar-refractivity contribution in [3.8, 4) is 5.75 Å². The Morgan fingerprint density at radius 3 is 2.29 bits per heavy atom. The van der Waals surface area contributed by atoms with E-state index in [1.807, 2.05) is 43.3 Å². The van der Waals surface area contributed by atoms with Gasteiger partial charge >= 0.3 is 0 Å². The number of carbonyl (C=O) groups excluding carboxylic acids is 1. The molecule has 9 nitrogen and oxygen atoms in total. The van der Waals surface area contributed by atoms with Crippen LogP contribution in [0.15, 0.2) is 48.5 Å². The molecular weight excluding hydrogens is 422 g/mol. The summed E-state index contributed by atoms with van der Waals surface area (Å²) in [7, 11) is 0.699. The second-order valence-electron chi connectivity index (χ2n) is 7.68. The topological polar surface area (TPSA) is 110 Å². The van der Waals surface area contributed by atoms with Gasteiger partial charge in [0.15, 0.2) is 16.4 Å². The van der Waals surface area contributed by atoms with E-state index in [0.717, 1.165) is 11.3 Å². The number of ether oxygens (including phenoxy) is 1. The summed E-state index contributed by atoms with van der Waals surface area (Å²) in [6, 6.07) is 12.7. The van der Waals surface area contributed by atoms with Crippen molar-refractivity contribution in [1.82, 2.24) is 4.90 Å². The molecule has 0 radical (unpaired) electrons. The number of benzene rings is 2. The van der Waals surface area contributed by atoms with E-state index in [4.69, 9.17) is 4.74 Å². The molecule has 0 unspecified atom stereocenters. The van der Waals surface area contributed by atoms with Crippen molar-refractivity contribution in [2.75, 3.05) is 37.1 Å². The van der Waals surface area contributed by atoms with Gasteiger partial charge in [-0.3, -0.25) is 14.9 Å². The van der Waals surface area contributed by atoms with Gasteiger partial charge in [0.25, 0.3) is 11.6 Å². The lowest BCUT2D eigenvalue weighted by Gasteiger charge is -2.28. The smallest absolute Gasteiger partial charge is 0.269 e. The Hall–Kier alpha value is -3.14. The van der Waals surface area contributed by atoms with Crippen LogP contribution in [-0.2, 0) is 21.2 Å². The lowest BCUT2D eigenvalue weighted by molar-refractivity contribution is -0.384. The van der Waals surface area contributed by atoms with Crippen molar-refractivity contribution in [2.45, 2.75) is 19.0 Å². The van der Waals surface area contributed by atoms with Gasteiger partial charge in [-0.1, -0.05) is 12.1 Å². The van der Waals surface area contributed by atoms with Crippen LogP contribution >= 0.6 is 0 Å². The second-order valence-corrected chi connectivity index (χ2v) is 9.91. The molecule has 0 aliphatic carbocycles. The molecule has 0 aromatic heterocycles. The van der Waals surface area contributed by atoms with Crippen LogP contribution < -0.4 is 9.64 Å². The van der Waals surface area contributed by atoms with Gasteiger partial charge in [0.05, 0.1) is 16.4 Å². The third kappa shape index (κ3) is 5.94. The highest BCUT2D eigenvalue weighted by molar-refractivity contribution is 7.91. The normalized spacial score (nSPS) is 17.2. The second kappa shape index (κ2) is 9.34. The first-order valence-electron chi connectivity index (χ1n) is 9.78. The van der Waals surface area contributed by atoms with E-state index in [-0.39, 0.29) is 36.3 Å². The molecule has 0 spiro atoms. The minimum Gasteiger partial charge on any atom is -0.484 e. The van der Waals surface area contributed by atoms with Crippen molar-refractivity contribution < 1.29 is 22.9 Å². The predicted octanol–water partition coefficient (Wildman–Crippen LogP) is 2.26. The zero-order chi connectivity index (χ0) is 22.6. The monoisotopic (exact) mass is 447 g/mol. The zero-order valence-corrected chi connectivity index (χ0v) is 18.2. The molecule has 1 fully saturated rings. The molecule has 1 atom stereocenters. The summed E-state index contributed by atoms with van der Waals surface area (Å²) < 4.78 is 29.5. The van der Waals surface area contributed by atoms with Gasteiger partial charge in [-0.2, -0.15) is 0 Å². The van der Waals surface area contributed by atoms with Crippen LogP contribution in [0, 0.1) is 10.1 Å². The molecule has 31 heavy (non-hydrogen) atoms. The van der Waals surface area contributed by atoms with E-state index >= 15 is 0 Å². The minimum atomic E-state index is -3.17. The number of carbonyl (C=O) groups is 1. The van der Waals surface area contributed by atoms with Crippen molar-refractivity contribution in [1.29, 1.82) is 0 Å². The van der Waals surface area contributed by atoms with Crippen molar-refractivity contribution >= 4 is 27.1 Å². The van der Waals surface area contributed by atoms with Gasteiger partial charge in [0.1, 0.15) is 5.75 Å². The molecule has 1 saturated heterocycles. The molecule has 3 rings (SSSR count). The van der Waals surface area contributed by atoms with Crippen LogP contribution in [0.3, 0.4) is 0 Å². The number of hydrogen-bond acceptors (Lipinski definition) is 7. The summed E-state index contributed by atoms with van der Waals surface area (Å²) >= 11 is 0. The third-order valence-corrected chi connectivity index (χ3v) is 6.94. The van der Waals surface area contributed by atoms with Gasteiger partial charge in [0, 0.05) is 44.5 Å². The van der Waals surface area contributed by atoms with Gasteiger partial charge in [-0.15, -0.1) is 0 Å². The number of hydrogen-bond donors (Lipinski definition) is 0. The summed E-state index contributed by atoms with van der Waals surface area (Å²) in [5.74, 6) is -0.0126. The van der Waals surface area contributed by atoms with E-state index in [1.54, 1.807) is 4.90 Å². The molecule has 2 aromatic carbocycles. The van der Waals surface area contributed by atoms with Gasteiger partial charge in [-0.25, -0.2) is 8.42 Å². The lowest BCUT2D eigenvalue weighted by Crippen LogP contribution is -2.43. The first-order valence-corrected chi connectivity index (χ1v) is 11.6. The Bertz CT molecular complexity index is 1040. The Labute approximate surface area is 181 Å². The number of rotatable bonds is 8. The summed E-state index contributed by atoms with van der Waals surface area (Å²) in [4.78, 5) is 26.7. The van der Waals surface area contributed by atoms with Crippen molar-refractivity contribution in [3.05, 3.63) is 64.2 Å². The molecule has 10 heteroatoms. The van der Waals surface area contributed by atoms with E-state index in [0.29, 0.717) is 12.2 Å². The Morgan fingerprint density at radius 1 is 1.13 bits per heavy atom. The molecular formula is C21H25N3O6S. The van der Waals surface area contributed by atoms with Crippen LogP contribution in [0.1, 0.15) is 12.0 Å². The summed E-state index contributed by atoms with van der Waals surface area (Å²) in [5, 5.41) is 10.8. The largest absolute Gasteiger partial charge is 0.484 e. The maximum atomic E-state index is 13.0. The van der Waals surface area contributed by atoms with E-state index in [9.17, 15) is 23.3 Å². The molecule has 1 aliphatic heterocycles.